The number of nitrogens with one attached hydrogen (secondary N) is 2. The molecule has 5 aromatic rings. The third-order valence-corrected chi connectivity index (χ3v) is 8.13. The van der Waals surface area contributed by atoms with Crippen LogP contribution in [0.1, 0.15) is 67.6 Å². The predicted octanol–water partition coefficient (Wildman–Crippen LogP) is 7.14. The number of hydrogen-bond donors (Lipinski definition) is 2. The fourth-order valence-electron chi connectivity index (χ4n) is 5.60. The van der Waals surface area contributed by atoms with Crippen molar-refractivity contribution in [3.8, 4) is 12.1 Å². The summed E-state index contributed by atoms with van der Waals surface area (Å²) in [6.45, 7) is 8.68. The van der Waals surface area contributed by atoms with Gasteiger partial charge in [0.1, 0.15) is 17.8 Å². The maximum absolute atomic E-state index is 14.0. The summed E-state index contributed by atoms with van der Waals surface area (Å²) >= 11 is 0. The van der Waals surface area contributed by atoms with Crippen LogP contribution in [0.5, 0.6) is 0 Å². The highest BCUT2D eigenvalue weighted by Gasteiger charge is 2.66. The number of nitrogens with zero attached hydrogens (tertiary/aromatic N) is 7. The lowest BCUT2D eigenvalue weighted by Crippen LogP contribution is -2.35. The van der Waals surface area contributed by atoms with Crippen molar-refractivity contribution >= 4 is 33.2 Å². The highest BCUT2D eigenvalue weighted by molar-refractivity contribution is 5.99. The molecule has 2 N–H and O–H groups in total. The van der Waals surface area contributed by atoms with Gasteiger partial charge in [-0.1, -0.05) is 38.1 Å². The van der Waals surface area contributed by atoms with Crippen molar-refractivity contribution in [2.45, 2.75) is 58.3 Å². The van der Waals surface area contributed by atoms with Gasteiger partial charge >= 0.3 is 6.18 Å². The van der Waals surface area contributed by atoms with E-state index in [1.54, 1.807) is 18.3 Å². The SMILES string of the molecule is Cc1ccnc2cccc([C@H](Nc3cc(C#N)c4ncc(C#N)c(NCC(C)(C)C)c4c3)c3cn(C4(C(F)(F)F)CC4)nn3)c12. The molecule has 0 amide bonds. The minimum atomic E-state index is -4.47. The van der Waals surface area contributed by atoms with Crippen molar-refractivity contribution in [3.63, 3.8) is 0 Å². The Kier molecular flexibility index (Phi) is 7.12. The van der Waals surface area contributed by atoms with Crippen LogP contribution in [0.15, 0.2) is 55.0 Å². The molecule has 1 aliphatic rings. The van der Waals surface area contributed by atoms with Gasteiger partial charge in [-0.2, -0.15) is 23.7 Å². The van der Waals surface area contributed by atoms with Crippen molar-refractivity contribution in [2.24, 2.45) is 5.41 Å². The van der Waals surface area contributed by atoms with Gasteiger partial charge in [-0.3, -0.25) is 9.97 Å². The minimum absolute atomic E-state index is 0.0660. The highest BCUT2D eigenvalue weighted by atomic mass is 19.4. The van der Waals surface area contributed by atoms with E-state index in [1.807, 2.05) is 31.2 Å². The summed E-state index contributed by atoms with van der Waals surface area (Å²) in [6, 6.07) is 14.5. The summed E-state index contributed by atoms with van der Waals surface area (Å²) in [5, 5.41) is 36.4. The molecule has 1 saturated carbocycles. The Bertz CT molecular complexity index is 2020. The third-order valence-electron chi connectivity index (χ3n) is 8.13. The van der Waals surface area contributed by atoms with E-state index in [0.29, 0.717) is 39.9 Å². The van der Waals surface area contributed by atoms with E-state index in [4.69, 9.17) is 0 Å². The molecule has 1 fully saturated rings. The van der Waals surface area contributed by atoms with Gasteiger partial charge in [-0.15, -0.1) is 5.10 Å². The standard InChI is InChI=1S/C33H30F3N9/c1-19-8-11-39-25-7-5-6-23(27(19)25)30(26-17-45(44-43-26)32(9-10-32)33(34,35)36)42-22-12-20(14-37)28-24(13-22)29(21(15-38)16-40-28)41-18-31(2,3)4/h5-8,11-13,16-17,30,42H,9-10,18H2,1-4H3,(H,40,41)/t30-/m0/s1. The van der Waals surface area contributed by atoms with Crippen LogP contribution >= 0.6 is 0 Å². The van der Waals surface area contributed by atoms with Gasteiger partial charge in [-0.25, -0.2) is 4.68 Å². The lowest BCUT2D eigenvalue weighted by molar-refractivity contribution is -0.182. The molecule has 12 heteroatoms. The normalized spacial score (nSPS) is 15.0. The first-order valence-electron chi connectivity index (χ1n) is 14.5. The molecular weight excluding hydrogens is 579 g/mol. The number of aryl methyl sites for hydroxylation is 1. The van der Waals surface area contributed by atoms with Crippen LogP contribution in [-0.2, 0) is 5.54 Å². The molecule has 3 heterocycles. The van der Waals surface area contributed by atoms with Gasteiger partial charge < -0.3 is 10.6 Å². The van der Waals surface area contributed by atoms with Crippen LogP contribution in [-0.4, -0.2) is 37.7 Å². The molecule has 0 saturated heterocycles. The van der Waals surface area contributed by atoms with Crippen molar-refractivity contribution in [1.29, 1.82) is 10.5 Å². The first-order chi connectivity index (χ1) is 21.3. The van der Waals surface area contributed by atoms with E-state index in [0.717, 1.165) is 21.2 Å². The molecule has 1 aliphatic carbocycles. The maximum Gasteiger partial charge on any atom is 0.413 e. The molecule has 0 radical (unpaired) electrons. The Labute approximate surface area is 257 Å². The molecule has 9 nitrogen and oxygen atoms in total. The van der Waals surface area contributed by atoms with Crippen LogP contribution < -0.4 is 10.6 Å². The molecule has 6 rings (SSSR count). The van der Waals surface area contributed by atoms with Gasteiger partial charge in [0, 0.05) is 35.4 Å². The zero-order valence-corrected chi connectivity index (χ0v) is 25.2. The molecule has 1 atom stereocenters. The van der Waals surface area contributed by atoms with Gasteiger partial charge in [-0.05, 0) is 60.6 Å². The van der Waals surface area contributed by atoms with E-state index in [-0.39, 0.29) is 29.5 Å². The number of benzene rings is 2. The van der Waals surface area contributed by atoms with E-state index < -0.39 is 17.8 Å². The predicted molar refractivity (Wildman–Crippen MR) is 164 cm³/mol. The van der Waals surface area contributed by atoms with Crippen LogP contribution in [0.25, 0.3) is 21.8 Å². The number of pyridine rings is 2. The summed E-state index contributed by atoms with van der Waals surface area (Å²) in [5.41, 5.74) is 2.53. The fourth-order valence-corrected chi connectivity index (χ4v) is 5.60. The lowest BCUT2D eigenvalue weighted by Gasteiger charge is -2.23. The highest BCUT2D eigenvalue weighted by Crippen LogP contribution is 2.55. The average Bonchev–Trinajstić information content (AvgIpc) is 3.69. The average molecular weight is 610 g/mol. The zero-order chi connectivity index (χ0) is 32.1. The van der Waals surface area contributed by atoms with Crippen molar-refractivity contribution in [1.82, 2.24) is 25.0 Å². The van der Waals surface area contributed by atoms with Crippen molar-refractivity contribution < 1.29 is 13.2 Å². The van der Waals surface area contributed by atoms with Gasteiger partial charge in [0.2, 0.25) is 0 Å². The van der Waals surface area contributed by atoms with Gasteiger partial charge in [0.25, 0.3) is 0 Å². The number of fused-ring (bicyclic) bond motifs is 2. The topological polar surface area (TPSA) is 128 Å². The van der Waals surface area contributed by atoms with Crippen LogP contribution in [0.2, 0.25) is 0 Å². The Balaban J connectivity index is 1.53. The molecule has 228 valence electrons. The third kappa shape index (κ3) is 5.37. The molecule has 0 unspecified atom stereocenters. The molecule has 45 heavy (non-hydrogen) atoms. The Morgan fingerprint density at radius 3 is 2.47 bits per heavy atom. The van der Waals surface area contributed by atoms with Crippen molar-refractivity contribution in [3.05, 3.63) is 82.9 Å². The first kappa shape index (κ1) is 29.8. The zero-order valence-electron chi connectivity index (χ0n) is 25.2. The lowest BCUT2D eigenvalue weighted by atomic mass is 9.95. The molecule has 0 bridgehead atoms. The summed E-state index contributed by atoms with van der Waals surface area (Å²) in [7, 11) is 0. The second kappa shape index (κ2) is 10.7. The molecular formula is C33H30F3N9. The van der Waals surface area contributed by atoms with Gasteiger partial charge in [0.05, 0.1) is 40.1 Å². The number of aromatic nitrogens is 5. The summed E-state index contributed by atoms with van der Waals surface area (Å²) in [5.74, 6) is 0. The first-order valence-corrected chi connectivity index (χ1v) is 14.5. The summed E-state index contributed by atoms with van der Waals surface area (Å²) in [4.78, 5) is 8.93. The Morgan fingerprint density at radius 2 is 1.80 bits per heavy atom. The number of halogens is 3. The van der Waals surface area contributed by atoms with Crippen LogP contribution in [0, 0.1) is 35.0 Å². The Hall–Kier alpha value is -5.23. The number of nitriles is 2. The van der Waals surface area contributed by atoms with Crippen LogP contribution in [0.3, 0.4) is 0 Å². The fraction of sp³-hybridized carbons (Fsp3) is 0.333. The number of anilines is 2. The van der Waals surface area contributed by atoms with Gasteiger partial charge in [0.15, 0.2) is 5.54 Å². The maximum atomic E-state index is 14.0. The Morgan fingerprint density at radius 1 is 1.04 bits per heavy atom. The summed E-state index contributed by atoms with van der Waals surface area (Å²) < 4.78 is 43.0. The second-order valence-electron chi connectivity index (χ2n) is 12.7. The largest absolute Gasteiger partial charge is 0.413 e. The van der Waals surface area contributed by atoms with E-state index in [9.17, 15) is 23.7 Å². The number of rotatable bonds is 7. The molecule has 0 spiro atoms. The molecule has 2 aromatic carbocycles. The quantitative estimate of drug-likeness (QED) is 0.199. The minimum Gasteiger partial charge on any atom is -0.383 e. The van der Waals surface area contributed by atoms with E-state index >= 15 is 0 Å². The van der Waals surface area contributed by atoms with E-state index in [2.05, 4.69) is 63.8 Å². The summed E-state index contributed by atoms with van der Waals surface area (Å²) in [6.07, 6.45) is -0.103. The van der Waals surface area contributed by atoms with E-state index in [1.165, 1.54) is 12.4 Å². The van der Waals surface area contributed by atoms with Crippen LogP contribution in [0.4, 0.5) is 24.5 Å². The monoisotopic (exact) mass is 609 g/mol. The number of alkyl halides is 3. The smallest absolute Gasteiger partial charge is 0.383 e. The molecule has 3 aromatic heterocycles. The van der Waals surface area contributed by atoms with Crippen molar-refractivity contribution in [2.75, 3.05) is 17.2 Å². The molecule has 0 aliphatic heterocycles. The second-order valence-corrected chi connectivity index (χ2v) is 12.7. The number of hydrogen-bond acceptors (Lipinski definition) is 8.